The van der Waals surface area contributed by atoms with Crippen molar-refractivity contribution >= 4 is 35.8 Å². The fraction of sp³-hybridized carbons (Fsp3) is 0.619. The normalized spacial score (nSPS) is 16.2. The predicted octanol–water partition coefficient (Wildman–Crippen LogP) is 2.70. The molecule has 1 aliphatic rings. The lowest BCUT2D eigenvalue weighted by molar-refractivity contribution is 0.0168. The van der Waals surface area contributed by atoms with E-state index in [1.165, 1.54) is 0 Å². The van der Waals surface area contributed by atoms with Crippen LogP contribution in [0.4, 0.5) is 0 Å². The number of carbonyl (C=O) groups excluding carboxylic acids is 1. The SMILES string of the molecule is CCNC(=O)c1cccc(CN=C(NCC)NCCCOCC2CCCO2)c1.I. The van der Waals surface area contributed by atoms with Crippen LogP contribution in [0.5, 0.6) is 0 Å². The molecule has 8 heteroatoms. The molecule has 1 saturated heterocycles. The second-order valence-electron chi connectivity index (χ2n) is 6.75. The molecule has 1 aromatic rings. The summed E-state index contributed by atoms with van der Waals surface area (Å²) in [7, 11) is 0. The molecule has 0 aliphatic carbocycles. The first kappa shape index (κ1) is 25.6. The molecule has 0 spiro atoms. The molecule has 164 valence electrons. The summed E-state index contributed by atoms with van der Waals surface area (Å²) in [6.07, 6.45) is 3.44. The van der Waals surface area contributed by atoms with Gasteiger partial charge in [0.25, 0.3) is 5.91 Å². The van der Waals surface area contributed by atoms with Gasteiger partial charge in [-0.1, -0.05) is 12.1 Å². The fourth-order valence-corrected chi connectivity index (χ4v) is 2.96. The number of carbonyl (C=O) groups is 1. The number of nitrogens with one attached hydrogen (secondary N) is 3. The topological polar surface area (TPSA) is 84.0 Å². The van der Waals surface area contributed by atoms with E-state index in [4.69, 9.17) is 9.47 Å². The number of ether oxygens (including phenoxy) is 2. The second-order valence-corrected chi connectivity index (χ2v) is 6.75. The lowest BCUT2D eigenvalue weighted by atomic mass is 10.1. The molecule has 1 aliphatic heterocycles. The summed E-state index contributed by atoms with van der Waals surface area (Å²) in [4.78, 5) is 16.6. The van der Waals surface area contributed by atoms with Crippen LogP contribution in [0.3, 0.4) is 0 Å². The Morgan fingerprint density at radius 1 is 1.24 bits per heavy atom. The third-order valence-electron chi connectivity index (χ3n) is 4.38. The molecule has 0 aromatic heterocycles. The Labute approximate surface area is 191 Å². The smallest absolute Gasteiger partial charge is 0.251 e. The second kappa shape index (κ2) is 15.4. The average molecular weight is 518 g/mol. The molecule has 1 fully saturated rings. The van der Waals surface area contributed by atoms with Gasteiger partial charge < -0.3 is 25.4 Å². The van der Waals surface area contributed by atoms with E-state index in [1.807, 2.05) is 38.1 Å². The van der Waals surface area contributed by atoms with Crippen molar-refractivity contribution in [2.24, 2.45) is 4.99 Å². The van der Waals surface area contributed by atoms with Gasteiger partial charge in [-0.25, -0.2) is 4.99 Å². The molecule has 0 bridgehead atoms. The van der Waals surface area contributed by atoms with Crippen molar-refractivity contribution in [3.63, 3.8) is 0 Å². The molecule has 3 N–H and O–H groups in total. The molecule has 7 nitrogen and oxygen atoms in total. The Bertz CT molecular complexity index is 622. The lowest BCUT2D eigenvalue weighted by Crippen LogP contribution is -2.38. The van der Waals surface area contributed by atoms with Crippen molar-refractivity contribution in [1.82, 2.24) is 16.0 Å². The summed E-state index contributed by atoms with van der Waals surface area (Å²) in [5.74, 6) is 0.714. The van der Waals surface area contributed by atoms with E-state index >= 15 is 0 Å². The third kappa shape index (κ3) is 10.3. The maximum absolute atomic E-state index is 12.0. The molecule has 0 saturated carbocycles. The van der Waals surface area contributed by atoms with Crippen LogP contribution >= 0.6 is 24.0 Å². The number of benzene rings is 1. The fourth-order valence-electron chi connectivity index (χ4n) is 2.96. The zero-order chi connectivity index (χ0) is 20.0. The molecule has 1 amide bonds. The molecule has 1 aromatic carbocycles. The summed E-state index contributed by atoms with van der Waals surface area (Å²) >= 11 is 0. The van der Waals surface area contributed by atoms with Crippen molar-refractivity contribution < 1.29 is 14.3 Å². The van der Waals surface area contributed by atoms with Gasteiger partial charge in [0.15, 0.2) is 5.96 Å². The molecule has 2 rings (SSSR count). The first-order chi connectivity index (χ1) is 13.7. The van der Waals surface area contributed by atoms with Crippen LogP contribution in [-0.4, -0.2) is 57.4 Å². The quantitative estimate of drug-likeness (QED) is 0.182. The van der Waals surface area contributed by atoms with Crippen LogP contribution in [0, 0.1) is 0 Å². The van der Waals surface area contributed by atoms with Crippen molar-refractivity contribution in [3.8, 4) is 0 Å². The van der Waals surface area contributed by atoms with Gasteiger partial charge in [-0.2, -0.15) is 0 Å². The average Bonchev–Trinajstić information content (AvgIpc) is 3.22. The van der Waals surface area contributed by atoms with E-state index in [9.17, 15) is 4.79 Å². The summed E-state index contributed by atoms with van der Waals surface area (Å²) in [6, 6.07) is 7.57. The standard InChI is InChI=1S/C21H34N4O3.HI/c1-3-22-20(26)18-9-5-8-17(14-18)15-25-21(23-4-2)24-11-7-12-27-16-19-10-6-13-28-19;/h5,8-9,14,19H,3-4,6-7,10-13,15-16H2,1-2H3,(H,22,26)(H2,23,24,25);1H. The van der Waals surface area contributed by atoms with Crippen molar-refractivity contribution in [3.05, 3.63) is 35.4 Å². The largest absolute Gasteiger partial charge is 0.379 e. The van der Waals surface area contributed by atoms with Crippen molar-refractivity contribution in [2.75, 3.05) is 39.5 Å². The van der Waals surface area contributed by atoms with Gasteiger partial charge in [0.1, 0.15) is 0 Å². The number of nitrogens with zero attached hydrogens (tertiary/aromatic N) is 1. The minimum Gasteiger partial charge on any atom is -0.379 e. The zero-order valence-corrected chi connectivity index (χ0v) is 19.9. The van der Waals surface area contributed by atoms with Gasteiger partial charge in [0, 0.05) is 38.4 Å². The number of hydrogen-bond acceptors (Lipinski definition) is 4. The monoisotopic (exact) mass is 518 g/mol. The Morgan fingerprint density at radius 2 is 2.07 bits per heavy atom. The van der Waals surface area contributed by atoms with E-state index in [0.717, 1.165) is 50.5 Å². The maximum Gasteiger partial charge on any atom is 0.251 e. The van der Waals surface area contributed by atoms with E-state index in [-0.39, 0.29) is 36.0 Å². The molecular weight excluding hydrogens is 483 g/mol. The van der Waals surface area contributed by atoms with E-state index < -0.39 is 0 Å². The number of halogens is 1. The molecule has 1 unspecified atom stereocenters. The Hall–Kier alpha value is -1.39. The first-order valence-electron chi connectivity index (χ1n) is 10.3. The third-order valence-corrected chi connectivity index (χ3v) is 4.38. The number of guanidine groups is 1. The minimum absolute atomic E-state index is 0. The van der Waals surface area contributed by atoms with Crippen LogP contribution in [0.25, 0.3) is 0 Å². The van der Waals surface area contributed by atoms with Gasteiger partial charge in [-0.05, 0) is 50.8 Å². The predicted molar refractivity (Wildman–Crippen MR) is 127 cm³/mol. The lowest BCUT2D eigenvalue weighted by Gasteiger charge is -2.13. The molecule has 29 heavy (non-hydrogen) atoms. The van der Waals surface area contributed by atoms with Crippen LogP contribution in [-0.2, 0) is 16.0 Å². The summed E-state index contributed by atoms with van der Waals surface area (Å²) < 4.78 is 11.2. The highest BCUT2D eigenvalue weighted by molar-refractivity contribution is 14.0. The first-order valence-corrected chi connectivity index (χ1v) is 10.3. The van der Waals surface area contributed by atoms with Crippen LogP contribution < -0.4 is 16.0 Å². The highest BCUT2D eigenvalue weighted by atomic mass is 127. The molecule has 1 heterocycles. The van der Waals surface area contributed by atoms with Gasteiger partial charge in [-0.3, -0.25) is 4.79 Å². The maximum atomic E-state index is 12.0. The van der Waals surface area contributed by atoms with E-state index in [0.29, 0.717) is 31.9 Å². The van der Waals surface area contributed by atoms with Gasteiger partial charge in [0.2, 0.25) is 0 Å². The molecule has 0 radical (unpaired) electrons. The van der Waals surface area contributed by atoms with Crippen LogP contribution in [0.1, 0.15) is 49.0 Å². The van der Waals surface area contributed by atoms with Crippen LogP contribution in [0.15, 0.2) is 29.3 Å². The summed E-state index contributed by atoms with van der Waals surface area (Å²) in [5.41, 5.74) is 1.66. The summed E-state index contributed by atoms with van der Waals surface area (Å²) in [5, 5.41) is 9.39. The zero-order valence-electron chi connectivity index (χ0n) is 17.5. The number of aliphatic imine (C=N–C) groups is 1. The molecular formula is C21H35IN4O3. The van der Waals surface area contributed by atoms with E-state index in [1.54, 1.807) is 0 Å². The Kier molecular flexibility index (Phi) is 13.7. The van der Waals surface area contributed by atoms with Gasteiger partial charge >= 0.3 is 0 Å². The Balaban J connectivity index is 0.00000420. The van der Waals surface area contributed by atoms with Gasteiger partial charge in [-0.15, -0.1) is 24.0 Å². The highest BCUT2D eigenvalue weighted by Gasteiger charge is 2.14. The minimum atomic E-state index is -0.0543. The number of hydrogen-bond donors (Lipinski definition) is 3. The number of rotatable bonds is 11. The van der Waals surface area contributed by atoms with Crippen LogP contribution in [0.2, 0.25) is 0 Å². The Morgan fingerprint density at radius 3 is 2.79 bits per heavy atom. The molecule has 1 atom stereocenters. The van der Waals surface area contributed by atoms with Crippen molar-refractivity contribution in [1.29, 1.82) is 0 Å². The van der Waals surface area contributed by atoms with Gasteiger partial charge in [0.05, 0.1) is 19.3 Å². The van der Waals surface area contributed by atoms with E-state index in [2.05, 4.69) is 20.9 Å². The van der Waals surface area contributed by atoms with Crippen molar-refractivity contribution in [2.45, 2.75) is 45.8 Å². The summed E-state index contributed by atoms with van der Waals surface area (Å²) in [6.45, 7) is 8.93. The number of amides is 1. The highest BCUT2D eigenvalue weighted by Crippen LogP contribution is 2.11.